The van der Waals surface area contributed by atoms with Crippen LogP contribution in [0, 0.1) is 0 Å². The summed E-state index contributed by atoms with van der Waals surface area (Å²) < 4.78 is 5.60. The second kappa shape index (κ2) is 8.63. The standard InChI is InChI=1S/C22H19N3O2S/c26-22(24-13-7-12-18-23-14-15-28-18)20-19(16-8-3-1-4-9-16)21(27-25-20)17-10-5-2-6-11-17/h1-6,8-11,14-15H,7,12-13H2,(H,24,26). The lowest BCUT2D eigenvalue weighted by atomic mass is 9.99. The number of nitrogens with zero attached hydrogens (tertiary/aromatic N) is 2. The van der Waals surface area contributed by atoms with Gasteiger partial charge in [-0.1, -0.05) is 65.8 Å². The molecular formula is C22H19N3O2S. The molecule has 0 saturated heterocycles. The zero-order chi connectivity index (χ0) is 19.2. The van der Waals surface area contributed by atoms with Gasteiger partial charge in [-0.3, -0.25) is 4.79 Å². The summed E-state index contributed by atoms with van der Waals surface area (Å²) in [6.45, 7) is 0.556. The highest BCUT2D eigenvalue weighted by Gasteiger charge is 2.24. The normalized spacial score (nSPS) is 10.7. The van der Waals surface area contributed by atoms with Gasteiger partial charge in [0.2, 0.25) is 0 Å². The van der Waals surface area contributed by atoms with Gasteiger partial charge in [0.1, 0.15) is 0 Å². The number of hydrogen-bond donors (Lipinski definition) is 1. The van der Waals surface area contributed by atoms with Gasteiger partial charge in [-0.15, -0.1) is 11.3 Å². The summed E-state index contributed by atoms with van der Waals surface area (Å²) >= 11 is 1.63. The molecule has 0 atom stereocenters. The van der Waals surface area contributed by atoms with Gasteiger partial charge in [-0.05, 0) is 12.0 Å². The first-order valence-corrected chi connectivity index (χ1v) is 9.98. The number of amides is 1. The van der Waals surface area contributed by atoms with Gasteiger partial charge in [0.05, 0.1) is 10.6 Å². The van der Waals surface area contributed by atoms with Crippen LogP contribution in [0.2, 0.25) is 0 Å². The maximum atomic E-state index is 12.8. The van der Waals surface area contributed by atoms with Gasteiger partial charge in [0.25, 0.3) is 5.91 Å². The summed E-state index contributed by atoms with van der Waals surface area (Å²) in [6, 6.07) is 19.4. The summed E-state index contributed by atoms with van der Waals surface area (Å²) in [6.07, 6.45) is 3.46. The molecule has 140 valence electrons. The molecule has 1 amide bonds. The zero-order valence-corrected chi connectivity index (χ0v) is 16.0. The van der Waals surface area contributed by atoms with Crippen molar-refractivity contribution in [3.05, 3.63) is 82.9 Å². The zero-order valence-electron chi connectivity index (χ0n) is 15.2. The van der Waals surface area contributed by atoms with Crippen LogP contribution in [0.5, 0.6) is 0 Å². The summed E-state index contributed by atoms with van der Waals surface area (Å²) in [5.41, 5.74) is 2.80. The first-order chi connectivity index (χ1) is 13.8. The highest BCUT2D eigenvalue weighted by Crippen LogP contribution is 2.34. The van der Waals surface area contributed by atoms with Crippen LogP contribution in [0.15, 0.2) is 76.8 Å². The van der Waals surface area contributed by atoms with E-state index in [-0.39, 0.29) is 5.91 Å². The smallest absolute Gasteiger partial charge is 0.274 e. The van der Waals surface area contributed by atoms with E-state index in [2.05, 4.69) is 15.5 Å². The number of rotatable bonds is 7. The lowest BCUT2D eigenvalue weighted by Gasteiger charge is -2.06. The minimum Gasteiger partial charge on any atom is -0.355 e. The molecule has 2 heterocycles. The first-order valence-electron chi connectivity index (χ1n) is 9.10. The third kappa shape index (κ3) is 4.02. The van der Waals surface area contributed by atoms with E-state index in [0.29, 0.717) is 23.6 Å². The molecule has 1 N–H and O–H groups in total. The van der Waals surface area contributed by atoms with E-state index in [1.54, 1.807) is 17.5 Å². The van der Waals surface area contributed by atoms with Crippen molar-refractivity contribution in [3.63, 3.8) is 0 Å². The lowest BCUT2D eigenvalue weighted by Crippen LogP contribution is -2.25. The minimum absolute atomic E-state index is 0.232. The van der Waals surface area contributed by atoms with Gasteiger partial charge in [-0.2, -0.15) is 0 Å². The van der Waals surface area contributed by atoms with Crippen LogP contribution in [-0.4, -0.2) is 22.6 Å². The molecule has 0 aliphatic heterocycles. The largest absolute Gasteiger partial charge is 0.355 e. The van der Waals surface area contributed by atoms with Gasteiger partial charge in [0.15, 0.2) is 11.5 Å². The molecule has 2 aromatic carbocycles. The summed E-state index contributed by atoms with van der Waals surface area (Å²) in [5.74, 6) is 0.364. The Kier molecular flexibility index (Phi) is 5.58. The van der Waals surface area contributed by atoms with Gasteiger partial charge < -0.3 is 9.84 Å². The maximum Gasteiger partial charge on any atom is 0.274 e. The second-order valence-corrected chi connectivity index (χ2v) is 7.23. The van der Waals surface area contributed by atoms with Crippen LogP contribution in [0.4, 0.5) is 0 Å². The predicted octanol–water partition coefficient (Wildman–Crippen LogP) is 4.83. The molecule has 0 aliphatic carbocycles. The van der Waals surface area contributed by atoms with Crippen molar-refractivity contribution in [1.82, 2.24) is 15.5 Å². The Bertz CT molecular complexity index is 1030. The van der Waals surface area contributed by atoms with Crippen LogP contribution in [-0.2, 0) is 6.42 Å². The second-order valence-electron chi connectivity index (χ2n) is 6.25. The molecule has 0 radical (unpaired) electrons. The van der Waals surface area contributed by atoms with Crippen molar-refractivity contribution in [1.29, 1.82) is 0 Å². The Labute approximate surface area is 167 Å². The molecule has 4 aromatic rings. The molecule has 5 nitrogen and oxygen atoms in total. The summed E-state index contributed by atoms with van der Waals surface area (Å²) in [4.78, 5) is 17.1. The SMILES string of the molecule is O=C(NCCCc1nccs1)c1noc(-c2ccccc2)c1-c1ccccc1. The minimum atomic E-state index is -0.232. The fraction of sp³-hybridized carbons (Fsp3) is 0.136. The van der Waals surface area contributed by atoms with Crippen LogP contribution in [0.25, 0.3) is 22.5 Å². The number of thiazole rings is 1. The molecular weight excluding hydrogens is 370 g/mol. The average Bonchev–Trinajstić information content (AvgIpc) is 3.42. The molecule has 0 spiro atoms. The van der Waals surface area contributed by atoms with E-state index >= 15 is 0 Å². The molecule has 28 heavy (non-hydrogen) atoms. The van der Waals surface area contributed by atoms with Crippen molar-refractivity contribution >= 4 is 17.2 Å². The van der Waals surface area contributed by atoms with Gasteiger partial charge in [-0.25, -0.2) is 4.98 Å². The summed E-state index contributed by atoms with van der Waals surface area (Å²) in [5, 5.41) is 10.1. The van der Waals surface area contributed by atoms with E-state index in [1.165, 1.54) is 0 Å². The van der Waals surface area contributed by atoms with Crippen molar-refractivity contribution in [3.8, 4) is 22.5 Å². The van der Waals surface area contributed by atoms with E-state index in [9.17, 15) is 4.79 Å². The molecule has 0 bridgehead atoms. The molecule has 6 heteroatoms. The topological polar surface area (TPSA) is 68.0 Å². The maximum absolute atomic E-state index is 12.8. The van der Waals surface area contributed by atoms with Crippen molar-refractivity contribution < 1.29 is 9.32 Å². The van der Waals surface area contributed by atoms with Crippen molar-refractivity contribution in [2.24, 2.45) is 0 Å². The quantitative estimate of drug-likeness (QED) is 0.460. The number of aromatic nitrogens is 2. The molecule has 4 rings (SSSR count). The fourth-order valence-electron chi connectivity index (χ4n) is 3.01. The molecule has 0 unspecified atom stereocenters. The number of aryl methyl sites for hydroxylation is 1. The molecule has 0 saturated carbocycles. The average molecular weight is 389 g/mol. The monoisotopic (exact) mass is 389 g/mol. The number of benzene rings is 2. The third-order valence-corrected chi connectivity index (χ3v) is 5.18. The highest BCUT2D eigenvalue weighted by atomic mass is 32.1. The third-order valence-electron chi connectivity index (χ3n) is 4.34. The van der Waals surface area contributed by atoms with E-state index in [1.807, 2.05) is 66.0 Å². The van der Waals surface area contributed by atoms with Crippen LogP contribution in [0.3, 0.4) is 0 Å². The Balaban J connectivity index is 1.56. The summed E-state index contributed by atoms with van der Waals surface area (Å²) in [7, 11) is 0. The fourth-order valence-corrected chi connectivity index (χ4v) is 3.67. The Morgan fingerprint density at radius 1 is 1.00 bits per heavy atom. The van der Waals surface area contributed by atoms with Crippen molar-refractivity contribution in [2.45, 2.75) is 12.8 Å². The highest BCUT2D eigenvalue weighted by molar-refractivity contribution is 7.09. The molecule has 2 aromatic heterocycles. The number of hydrogen-bond acceptors (Lipinski definition) is 5. The van der Waals surface area contributed by atoms with E-state index in [0.717, 1.165) is 29.0 Å². The van der Waals surface area contributed by atoms with Crippen molar-refractivity contribution in [2.75, 3.05) is 6.54 Å². The number of nitrogens with one attached hydrogen (secondary N) is 1. The predicted molar refractivity (Wildman–Crippen MR) is 110 cm³/mol. The number of carbonyl (C=O) groups is 1. The van der Waals surface area contributed by atoms with Gasteiger partial charge in [0, 0.05) is 30.1 Å². The lowest BCUT2D eigenvalue weighted by molar-refractivity contribution is 0.0945. The van der Waals surface area contributed by atoms with Crippen LogP contribution >= 0.6 is 11.3 Å². The van der Waals surface area contributed by atoms with E-state index in [4.69, 9.17) is 4.52 Å². The van der Waals surface area contributed by atoms with Gasteiger partial charge >= 0.3 is 0 Å². The Morgan fingerprint density at radius 2 is 1.71 bits per heavy atom. The Morgan fingerprint density at radius 3 is 2.39 bits per heavy atom. The van der Waals surface area contributed by atoms with Crippen LogP contribution in [0.1, 0.15) is 21.9 Å². The molecule has 0 aliphatic rings. The van der Waals surface area contributed by atoms with E-state index < -0.39 is 0 Å². The first kappa shape index (κ1) is 18.1. The number of carbonyl (C=O) groups excluding carboxylic acids is 1. The Hall–Kier alpha value is -3.25. The van der Waals surface area contributed by atoms with Crippen LogP contribution < -0.4 is 5.32 Å². The molecule has 0 fully saturated rings.